The number of alkyl halides is 3. The van der Waals surface area contributed by atoms with Crippen LogP contribution in [0.2, 0.25) is 0 Å². The van der Waals surface area contributed by atoms with Gasteiger partial charge in [0.05, 0.1) is 5.56 Å². The summed E-state index contributed by atoms with van der Waals surface area (Å²) in [5.41, 5.74) is 2.90. The fourth-order valence-electron chi connectivity index (χ4n) is 4.31. The van der Waals surface area contributed by atoms with Crippen LogP contribution in [0.3, 0.4) is 0 Å². The number of nitrogens with one attached hydrogen (secondary N) is 1. The van der Waals surface area contributed by atoms with Crippen LogP contribution in [-0.2, 0) is 19.1 Å². The quantitative estimate of drug-likeness (QED) is 0.829. The number of rotatable bonds is 2. The fourth-order valence-corrected chi connectivity index (χ4v) is 4.31. The Bertz CT molecular complexity index is 952. The van der Waals surface area contributed by atoms with Gasteiger partial charge in [0.15, 0.2) is 5.69 Å². The Kier molecular flexibility index (Phi) is 5.06. The number of carbonyl (C=O) groups is 1. The van der Waals surface area contributed by atoms with Crippen molar-refractivity contribution in [2.24, 2.45) is 0 Å². The van der Waals surface area contributed by atoms with Crippen molar-refractivity contribution in [1.29, 1.82) is 0 Å². The molecule has 29 heavy (non-hydrogen) atoms. The molecule has 2 aliphatic rings. The second kappa shape index (κ2) is 7.40. The molecule has 0 aliphatic carbocycles. The highest BCUT2D eigenvalue weighted by Gasteiger charge is 2.39. The van der Waals surface area contributed by atoms with Crippen LogP contribution in [-0.4, -0.2) is 33.9 Å². The van der Waals surface area contributed by atoms with Gasteiger partial charge in [-0.2, -0.15) is 13.2 Å². The highest BCUT2D eigenvalue weighted by Crippen LogP contribution is 2.34. The van der Waals surface area contributed by atoms with E-state index in [2.05, 4.69) is 34.3 Å². The molecule has 1 aromatic heterocycles. The number of fused-ring (bicyclic) bond motifs is 1. The summed E-state index contributed by atoms with van der Waals surface area (Å²) in [4.78, 5) is 21.8. The molecule has 0 spiro atoms. The monoisotopic (exact) mass is 404 g/mol. The molecule has 1 amide bonds. The highest BCUT2D eigenvalue weighted by atomic mass is 19.4. The Hall–Kier alpha value is -2.48. The van der Waals surface area contributed by atoms with Crippen LogP contribution in [0, 0.1) is 13.8 Å². The molecule has 3 heterocycles. The maximum atomic E-state index is 13.4. The Balaban J connectivity index is 1.68. The van der Waals surface area contributed by atoms with Crippen molar-refractivity contribution >= 4 is 5.91 Å². The van der Waals surface area contributed by atoms with E-state index >= 15 is 0 Å². The summed E-state index contributed by atoms with van der Waals surface area (Å²) in [6.45, 7) is 5.05. The Morgan fingerprint density at radius 1 is 1.28 bits per heavy atom. The topological polar surface area (TPSA) is 58.1 Å². The van der Waals surface area contributed by atoms with E-state index in [4.69, 9.17) is 0 Å². The van der Waals surface area contributed by atoms with Gasteiger partial charge in [-0.1, -0.05) is 17.7 Å². The molecule has 2 aromatic rings. The van der Waals surface area contributed by atoms with E-state index in [0.29, 0.717) is 19.5 Å². The molecule has 8 heteroatoms. The number of hydrogen-bond acceptors (Lipinski definition) is 4. The van der Waals surface area contributed by atoms with E-state index in [1.807, 2.05) is 0 Å². The Morgan fingerprint density at radius 2 is 2.07 bits per heavy atom. The van der Waals surface area contributed by atoms with Gasteiger partial charge in [-0.05, 0) is 56.3 Å². The van der Waals surface area contributed by atoms with Crippen molar-refractivity contribution in [2.45, 2.75) is 51.9 Å². The van der Waals surface area contributed by atoms with Crippen molar-refractivity contribution in [3.05, 3.63) is 57.7 Å². The van der Waals surface area contributed by atoms with Gasteiger partial charge < -0.3 is 10.2 Å². The molecule has 4 rings (SSSR count). The minimum Gasteiger partial charge on any atom is -0.334 e. The zero-order valence-corrected chi connectivity index (χ0v) is 16.4. The number of amides is 1. The lowest BCUT2D eigenvalue weighted by Gasteiger charge is -2.32. The summed E-state index contributed by atoms with van der Waals surface area (Å²) in [5, 5.41) is 3.49. The van der Waals surface area contributed by atoms with Crippen molar-refractivity contribution in [1.82, 2.24) is 20.2 Å². The van der Waals surface area contributed by atoms with E-state index < -0.39 is 23.3 Å². The Labute approximate surface area is 167 Å². The summed E-state index contributed by atoms with van der Waals surface area (Å²) in [5.74, 6) is -0.684. The molecule has 1 N–H and O–H groups in total. The SMILES string of the molecule is Cc1cc2c(c([C@@H]3CCCN3)c1)CN(C(=O)c1cnc(C)nc1C(F)(F)F)CC2. The normalized spacial score (nSPS) is 19.3. The van der Waals surface area contributed by atoms with E-state index in [-0.39, 0.29) is 11.9 Å². The smallest absolute Gasteiger partial charge is 0.334 e. The molecule has 2 aliphatic heterocycles. The van der Waals surface area contributed by atoms with Crippen LogP contribution in [0.25, 0.3) is 0 Å². The third-order valence-corrected chi connectivity index (χ3v) is 5.65. The maximum absolute atomic E-state index is 13.4. The Morgan fingerprint density at radius 3 is 2.76 bits per heavy atom. The maximum Gasteiger partial charge on any atom is 0.434 e. The fraction of sp³-hybridized carbons (Fsp3) is 0.476. The van der Waals surface area contributed by atoms with E-state index in [1.54, 1.807) is 0 Å². The van der Waals surface area contributed by atoms with Crippen molar-refractivity contribution in [3.8, 4) is 0 Å². The van der Waals surface area contributed by atoms with Gasteiger partial charge >= 0.3 is 6.18 Å². The first kappa shape index (κ1) is 19.8. The van der Waals surface area contributed by atoms with Gasteiger partial charge in [0.2, 0.25) is 0 Å². The summed E-state index contributed by atoms with van der Waals surface area (Å²) in [6, 6.07) is 4.48. The zero-order chi connectivity index (χ0) is 20.8. The van der Waals surface area contributed by atoms with Gasteiger partial charge in [0.25, 0.3) is 5.91 Å². The van der Waals surface area contributed by atoms with Gasteiger partial charge in [-0.15, -0.1) is 0 Å². The summed E-state index contributed by atoms with van der Waals surface area (Å²) < 4.78 is 40.3. The number of aromatic nitrogens is 2. The highest BCUT2D eigenvalue weighted by molar-refractivity contribution is 5.95. The molecule has 1 saturated heterocycles. The molecule has 0 saturated carbocycles. The third kappa shape index (κ3) is 3.85. The molecular weight excluding hydrogens is 381 g/mol. The molecule has 0 radical (unpaired) electrons. The number of benzene rings is 1. The largest absolute Gasteiger partial charge is 0.434 e. The second-order valence-corrected chi connectivity index (χ2v) is 7.79. The zero-order valence-electron chi connectivity index (χ0n) is 16.4. The van der Waals surface area contributed by atoms with Gasteiger partial charge in [-0.3, -0.25) is 4.79 Å². The molecule has 1 atom stereocenters. The number of halogens is 3. The number of aryl methyl sites for hydroxylation is 2. The van der Waals surface area contributed by atoms with Gasteiger partial charge in [0.1, 0.15) is 5.82 Å². The molecule has 1 fully saturated rings. The van der Waals surface area contributed by atoms with E-state index in [0.717, 1.165) is 36.7 Å². The molecule has 0 bridgehead atoms. The van der Waals surface area contributed by atoms with Crippen LogP contribution < -0.4 is 5.32 Å². The van der Waals surface area contributed by atoms with E-state index in [1.165, 1.54) is 23.0 Å². The molecule has 1 aromatic carbocycles. The summed E-state index contributed by atoms with van der Waals surface area (Å²) in [6.07, 6.45) is -0.976. The summed E-state index contributed by atoms with van der Waals surface area (Å²) >= 11 is 0. The lowest BCUT2D eigenvalue weighted by atomic mass is 9.88. The van der Waals surface area contributed by atoms with Gasteiger partial charge in [0, 0.05) is 25.3 Å². The first-order valence-corrected chi connectivity index (χ1v) is 9.80. The van der Waals surface area contributed by atoms with Crippen LogP contribution >= 0.6 is 0 Å². The summed E-state index contributed by atoms with van der Waals surface area (Å²) in [7, 11) is 0. The molecule has 0 unspecified atom stereocenters. The third-order valence-electron chi connectivity index (χ3n) is 5.65. The van der Waals surface area contributed by atoms with Crippen LogP contribution in [0.1, 0.15) is 63.0 Å². The average molecular weight is 404 g/mol. The number of carbonyl (C=O) groups excluding carboxylic acids is 1. The predicted molar refractivity (Wildman–Crippen MR) is 101 cm³/mol. The average Bonchev–Trinajstić information content (AvgIpc) is 3.20. The van der Waals surface area contributed by atoms with Crippen molar-refractivity contribution in [3.63, 3.8) is 0 Å². The van der Waals surface area contributed by atoms with Crippen LogP contribution in [0.4, 0.5) is 13.2 Å². The standard InChI is InChI=1S/C21H23F3N4O/c1-12-8-14-5-7-28(11-17(14)15(9-12)18-4-3-6-25-18)20(29)16-10-26-13(2)27-19(16)21(22,23)24/h8-10,18,25H,3-7,11H2,1-2H3/t18-/m0/s1. The van der Waals surface area contributed by atoms with Crippen LogP contribution in [0.5, 0.6) is 0 Å². The second-order valence-electron chi connectivity index (χ2n) is 7.79. The van der Waals surface area contributed by atoms with E-state index in [9.17, 15) is 18.0 Å². The molecule has 154 valence electrons. The van der Waals surface area contributed by atoms with Crippen LogP contribution in [0.15, 0.2) is 18.3 Å². The number of hydrogen-bond donors (Lipinski definition) is 1. The first-order chi connectivity index (χ1) is 13.7. The number of nitrogens with zero attached hydrogens (tertiary/aromatic N) is 3. The first-order valence-electron chi connectivity index (χ1n) is 9.80. The lowest BCUT2D eigenvalue weighted by molar-refractivity contribution is -0.141. The molecular formula is C21H23F3N4O. The van der Waals surface area contributed by atoms with Crippen molar-refractivity contribution < 1.29 is 18.0 Å². The minimum absolute atomic E-state index is 0.0112. The molecule has 5 nitrogen and oxygen atoms in total. The van der Waals surface area contributed by atoms with Crippen molar-refractivity contribution in [2.75, 3.05) is 13.1 Å². The minimum atomic E-state index is -4.71. The van der Waals surface area contributed by atoms with Gasteiger partial charge in [-0.25, -0.2) is 9.97 Å². The lowest BCUT2D eigenvalue weighted by Crippen LogP contribution is -2.38. The predicted octanol–water partition coefficient (Wildman–Crippen LogP) is 3.74.